The van der Waals surface area contributed by atoms with E-state index in [2.05, 4.69) is 10.3 Å². The molecule has 0 saturated carbocycles. The predicted octanol–water partition coefficient (Wildman–Crippen LogP) is 1.75. The molecule has 0 unspecified atom stereocenters. The van der Waals surface area contributed by atoms with E-state index in [4.69, 9.17) is 21.4 Å². The van der Waals surface area contributed by atoms with E-state index in [1.54, 1.807) is 11.6 Å². The monoisotopic (exact) mass is 289 g/mol. The fourth-order valence-corrected chi connectivity index (χ4v) is 1.99. The third-order valence-corrected chi connectivity index (χ3v) is 2.96. The molecule has 0 aliphatic carbocycles. The Morgan fingerprint density at radius 3 is 2.74 bits per heavy atom. The van der Waals surface area contributed by atoms with E-state index in [1.165, 1.54) is 0 Å². The summed E-state index contributed by atoms with van der Waals surface area (Å²) in [4.78, 5) is 11.6. The maximum absolute atomic E-state index is 11.6. The number of aliphatic hydroxyl groups excluding tert-OH is 1. The lowest BCUT2D eigenvalue weighted by atomic mass is 10.2. The first-order valence-electron chi connectivity index (χ1n) is 6.50. The molecule has 0 spiro atoms. The Bertz CT molecular complexity index is 396. The molecule has 6 nitrogen and oxygen atoms in total. The number of carbonyl (C=O) groups excluding carboxylic acids is 1. The normalized spacial score (nSPS) is 10.7. The van der Waals surface area contributed by atoms with Gasteiger partial charge in [0.15, 0.2) is 5.69 Å². The Hall–Kier alpha value is -1.14. The van der Waals surface area contributed by atoms with Crippen molar-refractivity contribution in [3.8, 4) is 0 Å². The molecule has 1 rings (SSSR count). The number of hydrogen-bond donors (Lipinski definition) is 1. The SMILES string of the molecule is CCOC(=O)c1nnn(CCCCCCO)c1CCl. The van der Waals surface area contributed by atoms with Gasteiger partial charge in [-0.15, -0.1) is 16.7 Å². The minimum absolute atomic E-state index is 0.178. The molecule has 0 aromatic carbocycles. The molecule has 108 valence electrons. The Labute approximate surface area is 117 Å². The maximum Gasteiger partial charge on any atom is 0.360 e. The fraction of sp³-hybridized carbons (Fsp3) is 0.750. The summed E-state index contributed by atoms with van der Waals surface area (Å²) in [5.41, 5.74) is 0.800. The summed E-state index contributed by atoms with van der Waals surface area (Å²) in [5, 5.41) is 16.5. The molecular weight excluding hydrogens is 270 g/mol. The Morgan fingerprint density at radius 2 is 2.11 bits per heavy atom. The molecule has 0 aliphatic rings. The second kappa shape index (κ2) is 8.87. The summed E-state index contributed by atoms with van der Waals surface area (Å²) in [5.74, 6) is -0.303. The number of esters is 1. The number of aryl methyl sites for hydroxylation is 1. The van der Waals surface area contributed by atoms with E-state index < -0.39 is 5.97 Å². The summed E-state index contributed by atoms with van der Waals surface area (Å²) in [6, 6.07) is 0. The van der Waals surface area contributed by atoms with Crippen LogP contribution in [0, 0.1) is 0 Å². The van der Waals surface area contributed by atoms with Crippen LogP contribution >= 0.6 is 11.6 Å². The molecular formula is C12H20ClN3O3. The molecule has 0 atom stereocenters. The zero-order valence-corrected chi connectivity index (χ0v) is 11.9. The second-order valence-corrected chi connectivity index (χ2v) is 4.37. The number of rotatable bonds is 9. The highest BCUT2D eigenvalue weighted by Crippen LogP contribution is 2.12. The standard InChI is InChI=1S/C12H20ClN3O3/c1-2-19-12(18)11-10(9-13)16(15-14-11)7-5-3-4-6-8-17/h17H,2-9H2,1H3. The van der Waals surface area contributed by atoms with Gasteiger partial charge in [0.05, 0.1) is 18.2 Å². The lowest BCUT2D eigenvalue weighted by Crippen LogP contribution is -2.10. The number of aromatic nitrogens is 3. The van der Waals surface area contributed by atoms with Crippen LogP contribution in [-0.4, -0.2) is 39.3 Å². The van der Waals surface area contributed by atoms with E-state index >= 15 is 0 Å². The van der Waals surface area contributed by atoms with Crippen molar-refractivity contribution < 1.29 is 14.6 Å². The number of nitrogens with zero attached hydrogens (tertiary/aromatic N) is 3. The average molecular weight is 290 g/mol. The number of alkyl halides is 1. The van der Waals surface area contributed by atoms with Gasteiger partial charge in [0.1, 0.15) is 0 Å². The van der Waals surface area contributed by atoms with Gasteiger partial charge in [0.25, 0.3) is 0 Å². The van der Waals surface area contributed by atoms with Crippen LogP contribution in [-0.2, 0) is 17.2 Å². The quantitative estimate of drug-likeness (QED) is 0.426. The Kier molecular flexibility index (Phi) is 7.43. The van der Waals surface area contributed by atoms with Gasteiger partial charge in [-0.3, -0.25) is 0 Å². The van der Waals surface area contributed by atoms with Gasteiger partial charge in [-0.05, 0) is 19.8 Å². The van der Waals surface area contributed by atoms with Gasteiger partial charge in [-0.2, -0.15) is 0 Å². The van der Waals surface area contributed by atoms with Crippen molar-refractivity contribution in [1.82, 2.24) is 15.0 Å². The molecule has 0 fully saturated rings. The lowest BCUT2D eigenvalue weighted by molar-refractivity contribution is 0.0518. The van der Waals surface area contributed by atoms with Crippen molar-refractivity contribution in [2.45, 2.75) is 45.0 Å². The van der Waals surface area contributed by atoms with E-state index in [0.717, 1.165) is 25.7 Å². The van der Waals surface area contributed by atoms with Crippen molar-refractivity contribution in [2.75, 3.05) is 13.2 Å². The number of carbonyl (C=O) groups is 1. The van der Waals surface area contributed by atoms with Gasteiger partial charge in [0.2, 0.25) is 0 Å². The molecule has 1 heterocycles. The molecule has 0 radical (unpaired) electrons. The van der Waals surface area contributed by atoms with Crippen molar-refractivity contribution in [1.29, 1.82) is 0 Å². The van der Waals surface area contributed by atoms with Gasteiger partial charge in [-0.1, -0.05) is 18.1 Å². The highest BCUT2D eigenvalue weighted by atomic mass is 35.5. The highest BCUT2D eigenvalue weighted by molar-refractivity contribution is 6.17. The Morgan fingerprint density at radius 1 is 1.37 bits per heavy atom. The van der Waals surface area contributed by atoms with Crippen molar-refractivity contribution in [3.63, 3.8) is 0 Å². The first-order valence-corrected chi connectivity index (χ1v) is 7.04. The molecule has 1 aromatic rings. The molecule has 0 amide bonds. The van der Waals surface area contributed by atoms with E-state index in [-0.39, 0.29) is 18.2 Å². The summed E-state index contributed by atoms with van der Waals surface area (Å²) in [6.07, 6.45) is 3.70. The smallest absolute Gasteiger partial charge is 0.360 e. The molecule has 7 heteroatoms. The number of ether oxygens (including phenoxy) is 1. The summed E-state index contributed by atoms with van der Waals surface area (Å²) >= 11 is 5.84. The summed E-state index contributed by atoms with van der Waals surface area (Å²) < 4.78 is 6.55. The molecule has 1 aromatic heterocycles. The highest BCUT2D eigenvalue weighted by Gasteiger charge is 2.19. The van der Waals surface area contributed by atoms with Crippen molar-refractivity contribution in [3.05, 3.63) is 11.4 Å². The van der Waals surface area contributed by atoms with Gasteiger partial charge >= 0.3 is 5.97 Å². The van der Waals surface area contributed by atoms with Crippen LogP contribution in [0.2, 0.25) is 0 Å². The summed E-state index contributed by atoms with van der Waals surface area (Å²) in [6.45, 7) is 2.93. The summed E-state index contributed by atoms with van der Waals surface area (Å²) in [7, 11) is 0. The molecule has 1 N–H and O–H groups in total. The average Bonchev–Trinajstić information content (AvgIpc) is 2.81. The first kappa shape index (κ1) is 15.9. The topological polar surface area (TPSA) is 77.2 Å². The van der Waals surface area contributed by atoms with Crippen LogP contribution in [0.1, 0.15) is 48.8 Å². The zero-order chi connectivity index (χ0) is 14.1. The van der Waals surface area contributed by atoms with Gasteiger partial charge in [-0.25, -0.2) is 9.48 Å². The van der Waals surface area contributed by atoms with Crippen LogP contribution in [0.25, 0.3) is 0 Å². The largest absolute Gasteiger partial charge is 0.461 e. The van der Waals surface area contributed by atoms with E-state index in [1.807, 2.05) is 0 Å². The van der Waals surface area contributed by atoms with Gasteiger partial charge in [0, 0.05) is 13.2 Å². The third-order valence-electron chi connectivity index (χ3n) is 2.71. The second-order valence-electron chi connectivity index (χ2n) is 4.10. The minimum atomic E-state index is -0.482. The van der Waals surface area contributed by atoms with Crippen LogP contribution in [0.4, 0.5) is 0 Å². The molecule has 0 saturated heterocycles. The van der Waals surface area contributed by atoms with Crippen molar-refractivity contribution >= 4 is 17.6 Å². The zero-order valence-electron chi connectivity index (χ0n) is 11.1. The lowest BCUT2D eigenvalue weighted by Gasteiger charge is -2.05. The van der Waals surface area contributed by atoms with E-state index in [9.17, 15) is 4.79 Å². The number of unbranched alkanes of at least 4 members (excludes halogenated alkanes) is 3. The molecule has 0 bridgehead atoms. The van der Waals surface area contributed by atoms with Crippen molar-refractivity contribution in [2.24, 2.45) is 0 Å². The molecule has 0 aliphatic heterocycles. The first-order chi connectivity index (χ1) is 9.24. The Balaban J connectivity index is 2.56. The maximum atomic E-state index is 11.6. The predicted molar refractivity (Wildman–Crippen MR) is 71.1 cm³/mol. The number of hydrogen-bond acceptors (Lipinski definition) is 5. The van der Waals surface area contributed by atoms with Crippen LogP contribution in [0.3, 0.4) is 0 Å². The molecule has 19 heavy (non-hydrogen) atoms. The van der Waals surface area contributed by atoms with Gasteiger partial charge < -0.3 is 9.84 Å². The number of halogens is 1. The number of aliphatic hydroxyl groups is 1. The van der Waals surface area contributed by atoms with Crippen LogP contribution in [0.5, 0.6) is 0 Å². The fourth-order valence-electron chi connectivity index (χ4n) is 1.73. The van der Waals surface area contributed by atoms with E-state index in [0.29, 0.717) is 18.8 Å². The van der Waals surface area contributed by atoms with Crippen LogP contribution in [0.15, 0.2) is 0 Å². The van der Waals surface area contributed by atoms with Crippen LogP contribution < -0.4 is 0 Å². The minimum Gasteiger partial charge on any atom is -0.461 e. The third kappa shape index (κ3) is 4.80.